The minimum atomic E-state index is -1.62. The molecular formula is C18H36Cl3CrO. The number of aldehydes is 1. The predicted octanol–water partition coefficient (Wildman–Crippen LogP) is 8.51. The maximum absolute atomic E-state index is 10.1. The fraction of sp³-hybridized carbons (Fsp3) is 0.944. The van der Waals surface area contributed by atoms with Crippen molar-refractivity contribution < 1.29 is 16.2 Å². The van der Waals surface area contributed by atoms with E-state index in [1.54, 1.807) is 0 Å². The van der Waals surface area contributed by atoms with Crippen molar-refractivity contribution in [1.29, 1.82) is 0 Å². The van der Waals surface area contributed by atoms with E-state index >= 15 is 0 Å². The van der Waals surface area contributed by atoms with Crippen molar-refractivity contribution in [3.05, 3.63) is 0 Å². The Balaban J connectivity index is 0. The van der Waals surface area contributed by atoms with Crippen molar-refractivity contribution in [2.45, 2.75) is 110 Å². The van der Waals surface area contributed by atoms with Crippen LogP contribution in [-0.2, 0) is 16.2 Å². The average Bonchev–Trinajstić information content (AvgIpc) is 2.50. The van der Waals surface area contributed by atoms with Crippen LogP contribution in [0.2, 0.25) is 0 Å². The van der Waals surface area contributed by atoms with E-state index in [4.69, 9.17) is 30.1 Å². The molecule has 5 heteroatoms. The maximum atomic E-state index is 10.1. The Morgan fingerprint density at radius 3 is 1.13 bits per heavy atom. The molecule has 141 valence electrons. The van der Waals surface area contributed by atoms with Crippen molar-refractivity contribution >= 4 is 36.4 Å². The molecule has 0 N–H and O–H groups in total. The summed E-state index contributed by atoms with van der Waals surface area (Å²) in [4.78, 5) is 10.1. The molecule has 0 saturated carbocycles. The Hall–Kier alpha value is 1.07. The second-order valence-corrected chi connectivity index (χ2v) is 12.4. The van der Waals surface area contributed by atoms with Crippen LogP contribution in [0.3, 0.4) is 0 Å². The van der Waals surface area contributed by atoms with Gasteiger partial charge in [-0.1, -0.05) is 96.8 Å². The average molecular weight is 427 g/mol. The van der Waals surface area contributed by atoms with E-state index in [0.29, 0.717) is 0 Å². The first-order valence-electron chi connectivity index (χ1n) is 9.31. The van der Waals surface area contributed by atoms with Gasteiger partial charge in [0.15, 0.2) is 0 Å². The number of rotatable bonds is 16. The van der Waals surface area contributed by atoms with Gasteiger partial charge in [-0.25, -0.2) is 0 Å². The molecule has 0 aliphatic carbocycles. The fourth-order valence-electron chi connectivity index (χ4n) is 2.60. The zero-order valence-electron chi connectivity index (χ0n) is 14.8. The summed E-state index contributed by atoms with van der Waals surface area (Å²) in [7, 11) is 14.8. The fourth-order valence-corrected chi connectivity index (χ4v) is 2.60. The normalized spacial score (nSPS) is 10.5. The third-order valence-electron chi connectivity index (χ3n) is 3.93. The summed E-state index contributed by atoms with van der Waals surface area (Å²) in [5, 5.41) is 0. The second-order valence-electron chi connectivity index (χ2n) is 6.08. The van der Waals surface area contributed by atoms with Gasteiger partial charge in [0, 0.05) is 6.42 Å². The Labute approximate surface area is 161 Å². The molecule has 0 saturated heterocycles. The second kappa shape index (κ2) is 25.3. The molecule has 1 nitrogen and oxygen atoms in total. The topological polar surface area (TPSA) is 17.1 Å². The third-order valence-corrected chi connectivity index (χ3v) is 3.93. The molecule has 0 aromatic carbocycles. The van der Waals surface area contributed by atoms with Crippen LogP contribution in [0.5, 0.6) is 0 Å². The molecule has 0 aromatic heterocycles. The number of carbonyl (C=O) groups is 1. The zero-order chi connectivity index (χ0) is 17.6. The van der Waals surface area contributed by atoms with E-state index in [1.165, 1.54) is 89.9 Å². The first-order chi connectivity index (χ1) is 11.1. The molecule has 0 aliphatic rings. The predicted molar refractivity (Wildman–Crippen MR) is 103 cm³/mol. The Kier molecular flexibility index (Phi) is 28.9. The first-order valence-corrected chi connectivity index (χ1v) is 14.6. The monoisotopic (exact) mass is 425 g/mol. The molecule has 23 heavy (non-hydrogen) atoms. The SMILES string of the molecule is CCCCCCCCCCCCCCCCCC=O.[Cl][Cr]([Cl])[Cl]. The van der Waals surface area contributed by atoms with Crippen LogP contribution < -0.4 is 0 Å². The number of unbranched alkanes of at least 4 members (excludes halogenated alkanes) is 15. The summed E-state index contributed by atoms with van der Waals surface area (Å²) in [5.74, 6) is 0. The molecule has 0 radical (unpaired) electrons. The van der Waals surface area contributed by atoms with Gasteiger partial charge in [-0.3, -0.25) is 0 Å². The Morgan fingerprint density at radius 1 is 0.609 bits per heavy atom. The van der Waals surface area contributed by atoms with Crippen LogP contribution in [0.15, 0.2) is 0 Å². The van der Waals surface area contributed by atoms with Gasteiger partial charge in [-0.15, -0.1) is 0 Å². The van der Waals surface area contributed by atoms with Gasteiger partial charge >= 0.3 is 41.5 Å². The standard InChI is InChI=1S/C18H36O.3ClH.Cr/c1-2-3-4-5-6-7-8-9-10-11-12-13-14-15-16-17-18-19;;;;/h18H,2-17H2,1H3;3*1H;/q;;;;+3/p-3. The molecule has 0 unspecified atom stereocenters. The zero-order valence-corrected chi connectivity index (χ0v) is 18.4. The third kappa shape index (κ3) is 35.2. The van der Waals surface area contributed by atoms with E-state index in [2.05, 4.69) is 6.92 Å². The van der Waals surface area contributed by atoms with E-state index in [9.17, 15) is 4.79 Å². The first kappa shape index (κ1) is 26.3. The van der Waals surface area contributed by atoms with Crippen molar-refractivity contribution in [3.8, 4) is 0 Å². The van der Waals surface area contributed by atoms with Crippen molar-refractivity contribution in [3.63, 3.8) is 0 Å². The molecule has 0 heterocycles. The quantitative estimate of drug-likeness (QED) is 0.178. The van der Waals surface area contributed by atoms with Crippen LogP contribution in [0.25, 0.3) is 0 Å². The van der Waals surface area contributed by atoms with Crippen molar-refractivity contribution in [2.75, 3.05) is 0 Å². The Bertz CT molecular complexity index is 214. The number of hydrogen-bond acceptors (Lipinski definition) is 1. The summed E-state index contributed by atoms with van der Waals surface area (Å²) in [6.45, 7) is 2.28. The van der Waals surface area contributed by atoms with Crippen LogP contribution in [0.1, 0.15) is 110 Å². The minimum absolute atomic E-state index is 0.762. The molecule has 0 spiro atoms. The molecule has 0 aromatic rings. The molecule has 0 aliphatic heterocycles. The van der Waals surface area contributed by atoms with E-state index in [-0.39, 0.29) is 0 Å². The molecular weight excluding hydrogens is 391 g/mol. The van der Waals surface area contributed by atoms with Crippen LogP contribution >= 0.6 is 30.1 Å². The van der Waals surface area contributed by atoms with Gasteiger partial charge in [-0.05, 0) is 6.42 Å². The number of carbonyl (C=O) groups excluding carboxylic acids is 1. The Morgan fingerprint density at radius 2 is 0.870 bits per heavy atom. The van der Waals surface area contributed by atoms with Crippen LogP contribution in [0, 0.1) is 0 Å². The summed E-state index contributed by atoms with van der Waals surface area (Å²) in [6, 6.07) is 0. The van der Waals surface area contributed by atoms with Gasteiger partial charge in [-0.2, -0.15) is 0 Å². The molecule has 0 amide bonds. The van der Waals surface area contributed by atoms with E-state index in [0.717, 1.165) is 19.1 Å². The summed E-state index contributed by atoms with van der Waals surface area (Å²) in [5.41, 5.74) is 0. The summed E-state index contributed by atoms with van der Waals surface area (Å²) in [6.07, 6.45) is 22.6. The van der Waals surface area contributed by atoms with E-state index < -0.39 is 11.4 Å². The summed E-state index contributed by atoms with van der Waals surface area (Å²) < 4.78 is 0. The van der Waals surface area contributed by atoms with Crippen LogP contribution in [0.4, 0.5) is 0 Å². The van der Waals surface area contributed by atoms with Gasteiger partial charge in [0.1, 0.15) is 6.29 Å². The number of hydrogen-bond donors (Lipinski definition) is 0. The van der Waals surface area contributed by atoms with Gasteiger partial charge in [0.05, 0.1) is 0 Å². The van der Waals surface area contributed by atoms with Gasteiger partial charge in [0.2, 0.25) is 0 Å². The van der Waals surface area contributed by atoms with Gasteiger partial charge < -0.3 is 4.79 Å². The van der Waals surface area contributed by atoms with Crippen LogP contribution in [-0.4, -0.2) is 6.29 Å². The van der Waals surface area contributed by atoms with Gasteiger partial charge in [0.25, 0.3) is 0 Å². The van der Waals surface area contributed by atoms with Crippen molar-refractivity contribution in [1.82, 2.24) is 0 Å². The molecule has 0 bridgehead atoms. The number of halogens is 3. The summed E-state index contributed by atoms with van der Waals surface area (Å²) >= 11 is -1.62. The molecule has 0 atom stereocenters. The molecule has 0 fully saturated rings. The van der Waals surface area contributed by atoms with Crippen molar-refractivity contribution in [2.24, 2.45) is 0 Å². The van der Waals surface area contributed by atoms with E-state index in [1.807, 2.05) is 0 Å². The molecule has 0 rings (SSSR count).